The van der Waals surface area contributed by atoms with Crippen LogP contribution < -0.4 is 4.90 Å². The molecule has 0 unspecified atom stereocenters. The maximum Gasteiger partial charge on any atom is 0.346 e. The van der Waals surface area contributed by atoms with E-state index < -0.39 is 11.9 Å². The first-order chi connectivity index (χ1) is 31.0. The van der Waals surface area contributed by atoms with E-state index in [0.717, 1.165) is 66.5 Å². The fourth-order valence-electron chi connectivity index (χ4n) is 8.53. The van der Waals surface area contributed by atoms with Crippen LogP contribution in [0.4, 0.5) is 17.1 Å². The number of nitrogens with zero attached hydrogens (tertiary/aromatic N) is 3. The first kappa shape index (κ1) is 40.1. The Morgan fingerprint density at radius 2 is 0.969 bits per heavy atom. The minimum absolute atomic E-state index is 0.169. The molecule has 7 nitrogen and oxygen atoms in total. The number of carbonyl (C=O) groups is 2. The molecule has 4 aromatic carbocycles. The molecule has 0 fully saturated rings. The van der Waals surface area contributed by atoms with Gasteiger partial charge in [0.15, 0.2) is 0 Å². The van der Waals surface area contributed by atoms with Crippen molar-refractivity contribution in [2.45, 2.75) is 19.3 Å². The molecule has 0 aliphatic heterocycles. The van der Waals surface area contributed by atoms with Gasteiger partial charge in [0.05, 0.1) is 18.8 Å². The summed E-state index contributed by atoms with van der Waals surface area (Å²) < 4.78 is 9.07. The molecule has 0 saturated carbocycles. The highest BCUT2D eigenvalue weighted by atomic mass is 32.1. The maximum atomic E-state index is 11.5. The van der Waals surface area contributed by atoms with Crippen molar-refractivity contribution in [3.8, 4) is 44.1 Å². The van der Waals surface area contributed by atoms with Gasteiger partial charge in [-0.1, -0.05) is 68.4 Å². The molecular weight excluding hydrogens is 911 g/mol. The van der Waals surface area contributed by atoms with Crippen LogP contribution in [-0.4, -0.2) is 22.2 Å². The average molecular weight is 940 g/mol. The molecule has 1 aliphatic rings. The number of benzene rings is 4. The van der Waals surface area contributed by atoms with Gasteiger partial charge in [-0.15, -0.1) is 68.0 Å². The molecule has 0 atom stereocenters. The fraction of sp³-hybridized carbons (Fsp3) is 0.0588. The summed E-state index contributed by atoms with van der Waals surface area (Å²) >= 11 is 9.83. The molecule has 0 spiro atoms. The van der Waals surface area contributed by atoms with E-state index in [2.05, 4.69) is 122 Å². The lowest BCUT2D eigenvalue weighted by molar-refractivity contribution is -0.133. The largest absolute Gasteiger partial charge is 0.477 e. The Labute approximate surface area is 389 Å². The number of fused-ring (bicyclic) bond motifs is 9. The van der Waals surface area contributed by atoms with Gasteiger partial charge < -0.3 is 15.1 Å². The number of thiophene rings is 6. The van der Waals surface area contributed by atoms with E-state index in [0.29, 0.717) is 0 Å². The number of hydrogen-bond acceptors (Lipinski definition) is 11. The van der Waals surface area contributed by atoms with E-state index >= 15 is 0 Å². The summed E-state index contributed by atoms with van der Waals surface area (Å²) in [5.74, 6) is -2.45. The third-order valence-corrected chi connectivity index (χ3v) is 19.1. The lowest BCUT2D eigenvalue weighted by atomic mass is 9.82. The lowest BCUT2D eigenvalue weighted by Gasteiger charge is -2.28. The van der Waals surface area contributed by atoms with E-state index in [1.165, 1.54) is 75.9 Å². The summed E-state index contributed by atoms with van der Waals surface area (Å²) in [6.45, 7) is 4.60. The summed E-state index contributed by atoms with van der Waals surface area (Å²) in [4.78, 5) is 29.0. The normalized spacial score (nSPS) is 13.4. The Hall–Kier alpha value is -6.68. The van der Waals surface area contributed by atoms with E-state index in [9.17, 15) is 30.3 Å². The molecular formula is C51H29N3O4S6. The lowest BCUT2D eigenvalue weighted by Crippen LogP contribution is -2.16. The Morgan fingerprint density at radius 1 is 0.531 bits per heavy atom. The molecule has 6 aromatic heterocycles. The monoisotopic (exact) mass is 939 g/mol. The van der Waals surface area contributed by atoms with Crippen LogP contribution in [0, 0.1) is 22.7 Å². The van der Waals surface area contributed by atoms with Gasteiger partial charge in [0.1, 0.15) is 23.3 Å². The highest BCUT2D eigenvalue weighted by Crippen LogP contribution is 2.52. The van der Waals surface area contributed by atoms with Crippen LogP contribution in [-0.2, 0) is 15.0 Å². The minimum atomic E-state index is -1.23. The molecule has 2 N–H and O–H groups in total. The number of carboxylic acid groups (broad SMARTS) is 2. The second-order valence-electron chi connectivity index (χ2n) is 15.8. The van der Waals surface area contributed by atoms with Crippen molar-refractivity contribution in [1.29, 1.82) is 10.5 Å². The van der Waals surface area contributed by atoms with Gasteiger partial charge in [0, 0.05) is 60.8 Å². The summed E-state index contributed by atoms with van der Waals surface area (Å²) in [5.41, 5.74) is 9.75. The quantitative estimate of drug-likeness (QED) is 0.109. The topological polar surface area (TPSA) is 125 Å². The second-order valence-corrected chi connectivity index (χ2v) is 22.2. The van der Waals surface area contributed by atoms with Crippen molar-refractivity contribution >= 4 is 147 Å². The molecule has 13 heteroatoms. The van der Waals surface area contributed by atoms with Crippen LogP contribution in [0.3, 0.4) is 0 Å². The van der Waals surface area contributed by atoms with Gasteiger partial charge in [-0.05, 0) is 106 Å². The van der Waals surface area contributed by atoms with Crippen molar-refractivity contribution in [3.05, 3.63) is 147 Å². The minimum Gasteiger partial charge on any atom is -0.477 e. The number of hydrogen-bond donors (Lipinski definition) is 2. The van der Waals surface area contributed by atoms with E-state index in [1.807, 2.05) is 12.1 Å². The zero-order valence-electron chi connectivity index (χ0n) is 33.6. The zero-order valence-corrected chi connectivity index (χ0v) is 38.5. The first-order valence-electron chi connectivity index (χ1n) is 19.8. The van der Waals surface area contributed by atoms with Crippen LogP contribution >= 0.6 is 68.0 Å². The van der Waals surface area contributed by atoms with Gasteiger partial charge in [0.2, 0.25) is 0 Å². The maximum absolute atomic E-state index is 11.5. The van der Waals surface area contributed by atoms with E-state index in [-0.39, 0.29) is 16.6 Å². The van der Waals surface area contributed by atoms with Crippen LogP contribution in [0.25, 0.3) is 81.8 Å². The SMILES string of the molecule is CC1(C)c2ccccc2-c2ccc(N(c3ccc(-c4cc5sc6cc(/C=C(\C#N)C(=O)O)sc6c5s4)cc3)c3ccc(-c4cc5sc6cc(/C=C(\C#N)C(=O)O)sc6c5s4)cc3)cc21. The standard InChI is InChI=1S/C51H29N3O4S6/c1-51(2)37-6-4-3-5-35(37)36-16-15-32(19-38(36)51)54(30-11-7-26(8-12-30)39-22-43-47(63-39)45-41(61-43)20-33(59-45)17-28(24-52)49(55)56)31-13-9-27(10-14-31)40-23-44-48(64-40)46-42(62-44)21-34(60-46)18-29(25-53)50(57)58/h3-23H,1-2H3,(H,55,56)(H,57,58)/b28-17+,29-18+. The van der Waals surface area contributed by atoms with Crippen molar-refractivity contribution in [2.75, 3.05) is 4.90 Å². The Morgan fingerprint density at radius 3 is 1.45 bits per heavy atom. The van der Waals surface area contributed by atoms with Crippen LogP contribution in [0.2, 0.25) is 0 Å². The molecule has 0 saturated heterocycles. The number of rotatable bonds is 9. The predicted molar refractivity (Wildman–Crippen MR) is 269 cm³/mol. The van der Waals surface area contributed by atoms with Gasteiger partial charge in [-0.2, -0.15) is 10.5 Å². The van der Waals surface area contributed by atoms with Crippen LogP contribution in [0.5, 0.6) is 0 Å². The molecule has 10 aromatic rings. The first-order valence-corrected chi connectivity index (χ1v) is 24.7. The summed E-state index contributed by atoms with van der Waals surface area (Å²) in [6.07, 6.45) is 2.89. The highest BCUT2D eigenvalue weighted by molar-refractivity contribution is 7.40. The highest BCUT2D eigenvalue weighted by Gasteiger charge is 2.35. The summed E-state index contributed by atoms with van der Waals surface area (Å²) in [7, 11) is 0. The third-order valence-electron chi connectivity index (χ3n) is 11.6. The second kappa shape index (κ2) is 15.2. The Balaban J connectivity index is 0.950. The molecule has 0 bridgehead atoms. The zero-order chi connectivity index (χ0) is 44.0. The number of aliphatic carboxylic acids is 2. The van der Waals surface area contributed by atoms with Gasteiger partial charge >= 0.3 is 11.9 Å². The Kier molecular flexibility index (Phi) is 9.56. The predicted octanol–water partition coefficient (Wildman–Crippen LogP) is 15.8. The van der Waals surface area contributed by atoms with E-state index in [4.69, 9.17) is 0 Å². The van der Waals surface area contributed by atoms with Gasteiger partial charge in [-0.3, -0.25) is 0 Å². The summed E-state index contributed by atoms with van der Waals surface area (Å²) in [5, 5.41) is 37.3. The van der Waals surface area contributed by atoms with Crippen molar-refractivity contribution in [3.63, 3.8) is 0 Å². The number of anilines is 3. The number of carboxylic acids is 2. The molecule has 64 heavy (non-hydrogen) atoms. The summed E-state index contributed by atoms with van der Waals surface area (Å²) in [6, 6.07) is 44.9. The molecule has 1 aliphatic carbocycles. The molecule has 308 valence electrons. The molecule has 0 radical (unpaired) electrons. The molecule has 6 heterocycles. The van der Waals surface area contributed by atoms with Gasteiger partial charge in [0.25, 0.3) is 0 Å². The smallest absolute Gasteiger partial charge is 0.346 e. The van der Waals surface area contributed by atoms with Crippen LogP contribution in [0.1, 0.15) is 34.7 Å². The number of nitriles is 2. The van der Waals surface area contributed by atoms with Gasteiger partial charge in [-0.25, -0.2) is 9.59 Å². The van der Waals surface area contributed by atoms with Crippen LogP contribution in [0.15, 0.2) is 126 Å². The fourth-order valence-corrected chi connectivity index (χ4v) is 16.5. The third kappa shape index (κ3) is 6.60. The molecule has 11 rings (SSSR count). The Bertz CT molecular complexity index is 3550. The average Bonchev–Trinajstić information content (AvgIpc) is 4.16. The van der Waals surface area contributed by atoms with Crippen molar-refractivity contribution in [2.24, 2.45) is 0 Å². The van der Waals surface area contributed by atoms with Crippen molar-refractivity contribution < 1.29 is 19.8 Å². The van der Waals surface area contributed by atoms with E-state index in [1.54, 1.807) is 57.5 Å². The van der Waals surface area contributed by atoms with Crippen molar-refractivity contribution in [1.82, 2.24) is 0 Å². The molecule has 0 amide bonds.